The Morgan fingerprint density at radius 3 is 2.39 bits per heavy atom. The maximum absolute atomic E-state index is 14.2. The number of hydrogen-bond donors (Lipinski definition) is 3. The first-order valence-electron chi connectivity index (χ1n) is 10.3. The Morgan fingerprint density at radius 2 is 1.82 bits per heavy atom. The highest BCUT2D eigenvalue weighted by Gasteiger charge is 2.37. The molecule has 0 aliphatic heterocycles. The van der Waals surface area contributed by atoms with Crippen LogP contribution in [-0.4, -0.2) is 12.3 Å². The van der Waals surface area contributed by atoms with Gasteiger partial charge in [0.25, 0.3) is 0 Å². The van der Waals surface area contributed by atoms with E-state index in [1.807, 2.05) is 13.0 Å². The van der Waals surface area contributed by atoms with Crippen molar-refractivity contribution in [3.05, 3.63) is 88.6 Å². The fourth-order valence-electron chi connectivity index (χ4n) is 4.07. The Bertz CT molecular complexity index is 1090. The van der Waals surface area contributed by atoms with Crippen LogP contribution in [0.15, 0.2) is 70.9 Å². The lowest BCUT2D eigenvalue weighted by Gasteiger charge is -2.38. The summed E-state index contributed by atoms with van der Waals surface area (Å²) in [7, 11) is 0. The molecule has 1 aliphatic rings. The first-order chi connectivity index (χ1) is 15.6. The minimum Gasteiger partial charge on any atom is -0.404 e. The van der Waals surface area contributed by atoms with Gasteiger partial charge in [0.2, 0.25) is 0 Å². The van der Waals surface area contributed by atoms with Crippen LogP contribution >= 0.6 is 0 Å². The summed E-state index contributed by atoms with van der Waals surface area (Å²) >= 11 is 0. The highest BCUT2D eigenvalue weighted by molar-refractivity contribution is 6.11. The zero-order valence-electron chi connectivity index (χ0n) is 18.0. The van der Waals surface area contributed by atoms with Crippen molar-refractivity contribution in [2.24, 2.45) is 22.0 Å². The predicted molar refractivity (Wildman–Crippen MR) is 118 cm³/mol. The van der Waals surface area contributed by atoms with Gasteiger partial charge in [-0.3, -0.25) is 11.3 Å². The van der Waals surface area contributed by atoms with Crippen molar-refractivity contribution in [1.82, 2.24) is 5.43 Å². The predicted octanol–water partition coefficient (Wildman–Crippen LogP) is 5.33. The molecule has 0 saturated carbocycles. The van der Waals surface area contributed by atoms with Crippen LogP contribution in [-0.2, 0) is 12.6 Å². The van der Waals surface area contributed by atoms with E-state index >= 15 is 0 Å². The zero-order chi connectivity index (χ0) is 24.2. The number of hydrazine groups is 1. The van der Waals surface area contributed by atoms with Crippen molar-refractivity contribution in [2.75, 3.05) is 6.54 Å². The summed E-state index contributed by atoms with van der Waals surface area (Å²) in [5, 5.41) is 0. The van der Waals surface area contributed by atoms with Crippen LogP contribution in [0.25, 0.3) is 0 Å². The average molecular weight is 464 g/mol. The Hall–Kier alpha value is -3.04. The van der Waals surface area contributed by atoms with Crippen LogP contribution in [0, 0.1) is 17.0 Å². The van der Waals surface area contributed by atoms with Gasteiger partial charge in [-0.1, -0.05) is 18.6 Å². The van der Waals surface area contributed by atoms with E-state index in [1.165, 1.54) is 24.4 Å². The largest absolute Gasteiger partial charge is 0.419 e. The number of halogens is 5. The number of rotatable bonds is 6. The maximum atomic E-state index is 14.2. The fourth-order valence-corrected chi connectivity index (χ4v) is 4.07. The molecule has 5 N–H and O–H groups in total. The average Bonchev–Trinajstić information content (AvgIpc) is 2.74. The third-order valence-corrected chi connectivity index (χ3v) is 5.75. The normalized spacial score (nSPS) is 21.5. The van der Waals surface area contributed by atoms with E-state index in [-0.39, 0.29) is 5.82 Å². The van der Waals surface area contributed by atoms with Gasteiger partial charge in [0, 0.05) is 6.54 Å². The molecule has 0 radical (unpaired) electrons. The summed E-state index contributed by atoms with van der Waals surface area (Å²) in [5.74, 6) is 3.78. The van der Waals surface area contributed by atoms with E-state index in [0.29, 0.717) is 42.8 Å². The number of nitrogens with zero attached hydrogens (tertiary/aromatic N) is 1. The van der Waals surface area contributed by atoms with Crippen molar-refractivity contribution in [3.63, 3.8) is 0 Å². The molecular formula is C24H25F5N4. The SMILES string of the molecule is CC1(Cc2ccc(C(F)(F)F)c(F)c2)CC(=CN)C(=Nc2ccc(F)cc2)C=C1CCNN. The molecule has 0 spiro atoms. The van der Waals surface area contributed by atoms with Gasteiger partial charge in [-0.25, -0.2) is 13.8 Å². The highest BCUT2D eigenvalue weighted by atomic mass is 19.4. The van der Waals surface area contributed by atoms with E-state index in [4.69, 9.17) is 11.6 Å². The standard InChI is InChI=1S/C24H25F5N4/c1-23(12-15-2-7-20(21(26)10-15)24(27,28)29)13-16(14-30)22(11-17(23)8-9-32-31)33-19-5-3-18(25)4-6-19/h2-7,10-11,14,32H,8-9,12-13,30-31H2,1H3. The van der Waals surface area contributed by atoms with Gasteiger partial charge in [0.1, 0.15) is 11.6 Å². The molecule has 176 valence electrons. The lowest BCUT2D eigenvalue weighted by Crippen LogP contribution is -2.33. The smallest absolute Gasteiger partial charge is 0.404 e. The number of hydrogen-bond acceptors (Lipinski definition) is 4. The summed E-state index contributed by atoms with van der Waals surface area (Å²) in [4.78, 5) is 4.58. The van der Waals surface area contributed by atoms with Gasteiger partial charge >= 0.3 is 6.18 Å². The molecule has 0 bridgehead atoms. The molecule has 3 rings (SSSR count). The first kappa shape index (κ1) is 24.6. The van der Waals surface area contributed by atoms with Gasteiger partial charge in [-0.2, -0.15) is 13.2 Å². The number of alkyl halides is 3. The topological polar surface area (TPSA) is 76.4 Å². The second kappa shape index (κ2) is 9.84. The molecule has 1 unspecified atom stereocenters. The molecule has 0 fully saturated rings. The van der Waals surface area contributed by atoms with Crippen LogP contribution in [0.2, 0.25) is 0 Å². The van der Waals surface area contributed by atoms with Crippen molar-refractivity contribution in [2.45, 2.75) is 32.4 Å². The monoisotopic (exact) mass is 464 g/mol. The molecule has 4 nitrogen and oxygen atoms in total. The van der Waals surface area contributed by atoms with Gasteiger partial charge in [0.15, 0.2) is 0 Å². The van der Waals surface area contributed by atoms with Gasteiger partial charge in [-0.05, 0) is 84.5 Å². The Morgan fingerprint density at radius 1 is 1.12 bits per heavy atom. The molecule has 0 saturated heterocycles. The first-order valence-corrected chi connectivity index (χ1v) is 10.3. The molecule has 1 aliphatic carbocycles. The van der Waals surface area contributed by atoms with Crippen LogP contribution in [0.5, 0.6) is 0 Å². The van der Waals surface area contributed by atoms with E-state index in [9.17, 15) is 22.0 Å². The maximum Gasteiger partial charge on any atom is 0.419 e. The summed E-state index contributed by atoms with van der Waals surface area (Å²) in [6.45, 7) is 2.40. The van der Waals surface area contributed by atoms with Gasteiger partial charge in [-0.15, -0.1) is 0 Å². The molecule has 1 atom stereocenters. The number of benzene rings is 2. The molecule has 0 amide bonds. The summed E-state index contributed by atoms with van der Waals surface area (Å²) in [6, 6.07) is 8.70. The van der Waals surface area contributed by atoms with Crippen molar-refractivity contribution in [3.8, 4) is 0 Å². The third-order valence-electron chi connectivity index (χ3n) is 5.75. The molecular weight excluding hydrogens is 439 g/mol. The Balaban J connectivity index is 1.99. The van der Waals surface area contributed by atoms with E-state index < -0.39 is 23.0 Å². The Kier molecular flexibility index (Phi) is 7.34. The molecule has 2 aromatic carbocycles. The molecule has 33 heavy (non-hydrogen) atoms. The molecule has 9 heteroatoms. The van der Waals surface area contributed by atoms with Crippen LogP contribution in [0.3, 0.4) is 0 Å². The fraction of sp³-hybridized carbons (Fsp3) is 0.292. The van der Waals surface area contributed by atoms with Crippen molar-refractivity contribution in [1.29, 1.82) is 0 Å². The number of aliphatic imine (C=N–C) groups is 1. The summed E-state index contributed by atoms with van der Waals surface area (Å²) in [5.41, 5.74) is 9.87. The van der Waals surface area contributed by atoms with Crippen molar-refractivity contribution >= 4 is 11.4 Å². The van der Waals surface area contributed by atoms with E-state index in [1.54, 1.807) is 12.1 Å². The Labute approximate surface area is 188 Å². The highest BCUT2D eigenvalue weighted by Crippen LogP contribution is 2.44. The van der Waals surface area contributed by atoms with Gasteiger partial charge < -0.3 is 5.73 Å². The summed E-state index contributed by atoms with van der Waals surface area (Å²) < 4.78 is 66.2. The zero-order valence-corrected chi connectivity index (χ0v) is 18.0. The second-order valence-corrected chi connectivity index (χ2v) is 8.27. The van der Waals surface area contributed by atoms with Crippen LogP contribution in [0.1, 0.15) is 30.9 Å². The van der Waals surface area contributed by atoms with Gasteiger partial charge in [0.05, 0.1) is 17.0 Å². The quantitative estimate of drug-likeness (QED) is 0.307. The number of nitrogens with one attached hydrogen (secondary N) is 1. The minimum atomic E-state index is -4.75. The second-order valence-electron chi connectivity index (χ2n) is 8.27. The minimum absolute atomic E-state index is 0.291. The number of allylic oxidation sites excluding steroid dienone is 2. The molecule has 2 aromatic rings. The number of nitrogens with two attached hydrogens (primary N) is 2. The third kappa shape index (κ3) is 5.85. The van der Waals surface area contributed by atoms with E-state index in [0.717, 1.165) is 23.3 Å². The lowest BCUT2D eigenvalue weighted by molar-refractivity contribution is -0.140. The lowest BCUT2D eigenvalue weighted by atomic mass is 9.67. The summed E-state index contributed by atoms with van der Waals surface area (Å²) in [6.07, 6.45) is -0.194. The molecule has 0 heterocycles. The van der Waals surface area contributed by atoms with Crippen molar-refractivity contribution < 1.29 is 22.0 Å². The van der Waals surface area contributed by atoms with Crippen LogP contribution in [0.4, 0.5) is 27.6 Å². The van der Waals surface area contributed by atoms with E-state index in [2.05, 4.69) is 10.4 Å². The van der Waals surface area contributed by atoms with Crippen LogP contribution < -0.4 is 17.0 Å². The molecule has 0 aromatic heterocycles.